The van der Waals surface area contributed by atoms with E-state index in [1.54, 1.807) is 12.1 Å². The molecule has 0 aliphatic heterocycles. The Morgan fingerprint density at radius 1 is 1.33 bits per heavy atom. The van der Waals surface area contributed by atoms with Gasteiger partial charge < -0.3 is 5.11 Å². The second kappa shape index (κ2) is 6.03. The fourth-order valence-corrected chi connectivity index (χ4v) is 3.22. The molecule has 1 fully saturated rings. The minimum absolute atomic E-state index is 0.141. The Labute approximate surface area is 113 Å². The zero-order chi connectivity index (χ0) is 13.1. The highest BCUT2D eigenvalue weighted by molar-refractivity contribution is 6.31. The van der Waals surface area contributed by atoms with Gasteiger partial charge in [0.1, 0.15) is 5.82 Å². The summed E-state index contributed by atoms with van der Waals surface area (Å²) in [6, 6.07) is 4.57. The van der Waals surface area contributed by atoms with Crippen molar-refractivity contribution in [2.45, 2.75) is 45.1 Å². The molecule has 1 saturated carbocycles. The number of aliphatic hydroxyl groups is 1. The Morgan fingerprint density at radius 2 is 2.00 bits per heavy atom. The Morgan fingerprint density at radius 3 is 2.56 bits per heavy atom. The second-order valence-corrected chi connectivity index (χ2v) is 5.68. The summed E-state index contributed by atoms with van der Waals surface area (Å²) in [5.74, 6) is 0.513. The lowest BCUT2D eigenvalue weighted by atomic mass is 9.77. The van der Waals surface area contributed by atoms with E-state index in [4.69, 9.17) is 11.6 Å². The van der Waals surface area contributed by atoms with Gasteiger partial charge in [0.05, 0.1) is 6.10 Å². The second-order valence-electron chi connectivity index (χ2n) is 5.27. The van der Waals surface area contributed by atoms with Gasteiger partial charge in [-0.1, -0.05) is 43.9 Å². The lowest BCUT2D eigenvalue weighted by molar-refractivity contribution is 0.0701. The molecule has 1 unspecified atom stereocenters. The summed E-state index contributed by atoms with van der Waals surface area (Å²) in [7, 11) is 0. The summed E-state index contributed by atoms with van der Waals surface area (Å²) >= 11 is 6.00. The SMILES string of the molecule is CCC1CCC(C(O)c2c(F)cccc2Cl)CC1. The van der Waals surface area contributed by atoms with E-state index < -0.39 is 11.9 Å². The Balaban J connectivity index is 2.10. The maximum Gasteiger partial charge on any atom is 0.130 e. The normalized spacial score (nSPS) is 26.0. The highest BCUT2D eigenvalue weighted by Gasteiger charge is 2.29. The topological polar surface area (TPSA) is 20.2 Å². The van der Waals surface area contributed by atoms with Crippen molar-refractivity contribution in [1.82, 2.24) is 0 Å². The first-order chi connectivity index (χ1) is 8.63. The zero-order valence-electron chi connectivity index (χ0n) is 10.7. The van der Waals surface area contributed by atoms with Crippen LogP contribution in [-0.4, -0.2) is 5.11 Å². The highest BCUT2D eigenvalue weighted by Crippen LogP contribution is 2.40. The molecule has 0 aromatic heterocycles. The molecule has 1 N–H and O–H groups in total. The van der Waals surface area contributed by atoms with E-state index in [9.17, 15) is 9.50 Å². The van der Waals surface area contributed by atoms with Crippen LogP contribution >= 0.6 is 11.6 Å². The average Bonchev–Trinajstić information content (AvgIpc) is 2.38. The van der Waals surface area contributed by atoms with Crippen LogP contribution in [0.2, 0.25) is 5.02 Å². The Kier molecular flexibility index (Phi) is 4.63. The highest BCUT2D eigenvalue weighted by atomic mass is 35.5. The van der Waals surface area contributed by atoms with Crippen molar-refractivity contribution in [3.05, 3.63) is 34.6 Å². The van der Waals surface area contributed by atoms with Crippen LogP contribution in [0, 0.1) is 17.7 Å². The lowest BCUT2D eigenvalue weighted by Crippen LogP contribution is -2.21. The summed E-state index contributed by atoms with van der Waals surface area (Å²) in [6.07, 6.45) is 4.61. The maximum atomic E-state index is 13.8. The van der Waals surface area contributed by atoms with Crippen molar-refractivity contribution in [2.24, 2.45) is 11.8 Å². The van der Waals surface area contributed by atoms with E-state index in [1.165, 1.54) is 12.5 Å². The molecule has 0 amide bonds. The maximum absolute atomic E-state index is 13.8. The van der Waals surface area contributed by atoms with E-state index in [0.29, 0.717) is 5.02 Å². The summed E-state index contributed by atoms with van der Waals surface area (Å²) in [5.41, 5.74) is 0.277. The van der Waals surface area contributed by atoms with Gasteiger partial charge in [0.15, 0.2) is 0 Å². The smallest absolute Gasteiger partial charge is 0.130 e. The first-order valence-electron chi connectivity index (χ1n) is 6.75. The number of hydrogen-bond donors (Lipinski definition) is 1. The Hall–Kier alpha value is -0.600. The lowest BCUT2D eigenvalue weighted by Gasteiger charge is -2.31. The van der Waals surface area contributed by atoms with Crippen LogP contribution in [0.3, 0.4) is 0 Å². The van der Waals surface area contributed by atoms with E-state index in [-0.39, 0.29) is 11.5 Å². The number of hydrogen-bond acceptors (Lipinski definition) is 1. The van der Waals surface area contributed by atoms with Crippen LogP contribution in [0.5, 0.6) is 0 Å². The molecule has 100 valence electrons. The van der Waals surface area contributed by atoms with Gasteiger partial charge in [-0.15, -0.1) is 0 Å². The molecule has 3 heteroatoms. The largest absolute Gasteiger partial charge is 0.388 e. The van der Waals surface area contributed by atoms with Gasteiger partial charge in [0, 0.05) is 10.6 Å². The van der Waals surface area contributed by atoms with Crippen LogP contribution in [-0.2, 0) is 0 Å². The molecule has 0 bridgehead atoms. The summed E-state index contributed by atoms with van der Waals surface area (Å²) in [5, 5.41) is 10.7. The van der Waals surface area contributed by atoms with Crippen LogP contribution in [0.25, 0.3) is 0 Å². The molecular weight excluding hydrogens is 251 g/mol. The third-order valence-corrected chi connectivity index (χ3v) is 4.54. The molecule has 0 heterocycles. The minimum Gasteiger partial charge on any atom is -0.388 e. The quantitative estimate of drug-likeness (QED) is 0.842. The van der Waals surface area contributed by atoms with Crippen LogP contribution in [0.4, 0.5) is 4.39 Å². The van der Waals surface area contributed by atoms with Crippen LogP contribution in [0.1, 0.15) is 50.7 Å². The van der Waals surface area contributed by atoms with Gasteiger partial charge in [-0.2, -0.15) is 0 Å². The van der Waals surface area contributed by atoms with E-state index in [0.717, 1.165) is 31.6 Å². The molecule has 1 aliphatic carbocycles. The summed E-state index contributed by atoms with van der Waals surface area (Å²) in [4.78, 5) is 0. The molecule has 0 radical (unpaired) electrons. The van der Waals surface area contributed by atoms with Crippen LogP contribution in [0.15, 0.2) is 18.2 Å². The molecule has 1 aromatic carbocycles. The first-order valence-corrected chi connectivity index (χ1v) is 7.13. The predicted molar refractivity (Wildman–Crippen MR) is 72.1 cm³/mol. The number of benzene rings is 1. The van der Waals surface area contributed by atoms with E-state index in [1.807, 2.05) is 0 Å². The number of aliphatic hydroxyl groups excluding tert-OH is 1. The van der Waals surface area contributed by atoms with Gasteiger partial charge in [-0.05, 0) is 36.8 Å². The zero-order valence-corrected chi connectivity index (χ0v) is 11.5. The van der Waals surface area contributed by atoms with Crippen molar-refractivity contribution >= 4 is 11.6 Å². The number of rotatable bonds is 3. The molecule has 1 aliphatic rings. The molecule has 1 aromatic rings. The first kappa shape index (κ1) is 13.8. The van der Waals surface area contributed by atoms with Crippen molar-refractivity contribution in [3.8, 4) is 0 Å². The van der Waals surface area contributed by atoms with Crippen molar-refractivity contribution < 1.29 is 9.50 Å². The van der Waals surface area contributed by atoms with Crippen molar-refractivity contribution in [2.75, 3.05) is 0 Å². The minimum atomic E-state index is -0.767. The third kappa shape index (κ3) is 2.86. The molecule has 18 heavy (non-hydrogen) atoms. The fourth-order valence-electron chi connectivity index (χ4n) is 2.94. The summed E-state index contributed by atoms with van der Waals surface area (Å²) < 4.78 is 13.8. The number of halogens is 2. The van der Waals surface area contributed by atoms with Crippen molar-refractivity contribution in [1.29, 1.82) is 0 Å². The van der Waals surface area contributed by atoms with Gasteiger partial charge >= 0.3 is 0 Å². The van der Waals surface area contributed by atoms with Crippen molar-refractivity contribution in [3.63, 3.8) is 0 Å². The summed E-state index contributed by atoms with van der Waals surface area (Å²) in [6.45, 7) is 2.20. The average molecular weight is 271 g/mol. The third-order valence-electron chi connectivity index (χ3n) is 4.21. The predicted octanol–water partition coefficient (Wildman–Crippen LogP) is 4.73. The van der Waals surface area contributed by atoms with Gasteiger partial charge in [-0.3, -0.25) is 0 Å². The fraction of sp³-hybridized carbons (Fsp3) is 0.600. The molecular formula is C15H20ClFO. The van der Waals surface area contributed by atoms with E-state index >= 15 is 0 Å². The monoisotopic (exact) mass is 270 g/mol. The van der Waals surface area contributed by atoms with Gasteiger partial charge in [0.2, 0.25) is 0 Å². The van der Waals surface area contributed by atoms with E-state index in [2.05, 4.69) is 6.92 Å². The molecule has 0 spiro atoms. The standard InChI is InChI=1S/C15H20ClFO/c1-2-10-6-8-11(9-7-10)15(18)14-12(16)4-3-5-13(14)17/h3-5,10-11,15,18H,2,6-9H2,1H3. The van der Waals surface area contributed by atoms with Gasteiger partial charge in [0.25, 0.3) is 0 Å². The van der Waals surface area contributed by atoms with Gasteiger partial charge in [-0.25, -0.2) is 4.39 Å². The molecule has 2 rings (SSSR count). The molecule has 1 atom stereocenters. The Bertz CT molecular complexity index is 379. The van der Waals surface area contributed by atoms with Crippen LogP contribution < -0.4 is 0 Å². The molecule has 0 saturated heterocycles. The molecule has 1 nitrogen and oxygen atoms in total.